The third-order valence-corrected chi connectivity index (χ3v) is 6.87. The molecule has 2 heterocycles. The summed E-state index contributed by atoms with van der Waals surface area (Å²) in [5, 5.41) is 0. The van der Waals surface area contributed by atoms with Gasteiger partial charge in [-0.15, -0.1) is 0 Å². The van der Waals surface area contributed by atoms with Crippen LogP contribution in [-0.2, 0) is 19.8 Å². The zero-order valence-electron chi connectivity index (χ0n) is 20.2. The largest absolute Gasteiger partial charge is 0.496 e. The molecular weight excluding hydrogens is 450 g/mol. The lowest BCUT2D eigenvalue weighted by molar-refractivity contribution is -0.142. The van der Waals surface area contributed by atoms with Crippen molar-refractivity contribution in [2.45, 2.75) is 18.3 Å². The third-order valence-electron chi connectivity index (χ3n) is 6.87. The molecule has 2 aliphatic rings. The average Bonchev–Trinajstić information content (AvgIpc) is 3.12. The molecule has 2 aromatic carbocycles. The van der Waals surface area contributed by atoms with Crippen LogP contribution in [0.25, 0.3) is 0 Å². The number of rotatable bonds is 6. The molecular formula is C26H29N3O6. The second-order valence-corrected chi connectivity index (χ2v) is 8.77. The normalized spacial score (nSPS) is 20.3. The van der Waals surface area contributed by atoms with E-state index in [1.807, 2.05) is 0 Å². The number of nitrogens with zero attached hydrogens (tertiary/aromatic N) is 3. The predicted octanol–water partition coefficient (Wildman–Crippen LogP) is 1.70. The zero-order chi connectivity index (χ0) is 25.2. The van der Waals surface area contributed by atoms with Crippen molar-refractivity contribution in [1.82, 2.24) is 14.7 Å². The van der Waals surface area contributed by atoms with Crippen LogP contribution in [0, 0.1) is 0 Å². The van der Waals surface area contributed by atoms with Crippen LogP contribution >= 0.6 is 0 Å². The molecule has 184 valence electrons. The molecule has 2 fully saturated rings. The molecule has 4 rings (SSSR count). The minimum atomic E-state index is -1.32. The van der Waals surface area contributed by atoms with Crippen molar-refractivity contribution in [2.75, 3.05) is 47.4 Å². The van der Waals surface area contributed by atoms with Gasteiger partial charge in [-0.05, 0) is 18.2 Å². The zero-order valence-corrected chi connectivity index (χ0v) is 20.2. The first kappa shape index (κ1) is 24.3. The Labute approximate surface area is 204 Å². The van der Waals surface area contributed by atoms with Gasteiger partial charge in [-0.2, -0.15) is 0 Å². The second kappa shape index (κ2) is 9.77. The molecule has 1 unspecified atom stereocenters. The van der Waals surface area contributed by atoms with E-state index in [9.17, 15) is 19.2 Å². The van der Waals surface area contributed by atoms with Crippen LogP contribution in [0.5, 0.6) is 11.5 Å². The van der Waals surface area contributed by atoms with E-state index < -0.39 is 11.3 Å². The summed E-state index contributed by atoms with van der Waals surface area (Å²) >= 11 is 0. The third kappa shape index (κ3) is 4.34. The molecule has 9 heteroatoms. The molecule has 4 amide bonds. The highest BCUT2D eigenvalue weighted by Crippen LogP contribution is 2.43. The van der Waals surface area contributed by atoms with E-state index in [2.05, 4.69) is 0 Å². The van der Waals surface area contributed by atoms with Crippen molar-refractivity contribution in [3.63, 3.8) is 0 Å². The molecule has 2 saturated heterocycles. The van der Waals surface area contributed by atoms with Gasteiger partial charge >= 0.3 is 0 Å². The molecule has 2 aliphatic heterocycles. The fourth-order valence-electron chi connectivity index (χ4n) is 4.89. The number of likely N-dealkylation sites (tertiary alicyclic amines) is 1. The Morgan fingerprint density at radius 3 is 2.03 bits per heavy atom. The van der Waals surface area contributed by atoms with Gasteiger partial charge in [0.05, 0.1) is 25.2 Å². The fraction of sp³-hybridized carbons (Fsp3) is 0.385. The van der Waals surface area contributed by atoms with Crippen LogP contribution < -0.4 is 9.47 Å². The molecule has 9 nitrogen and oxygen atoms in total. The van der Waals surface area contributed by atoms with Crippen molar-refractivity contribution in [3.8, 4) is 11.5 Å². The summed E-state index contributed by atoms with van der Waals surface area (Å²) in [7, 11) is 4.46. The van der Waals surface area contributed by atoms with Gasteiger partial charge in [-0.25, -0.2) is 0 Å². The van der Waals surface area contributed by atoms with Crippen LogP contribution in [0.15, 0.2) is 48.5 Å². The van der Waals surface area contributed by atoms with E-state index in [1.54, 1.807) is 58.3 Å². The van der Waals surface area contributed by atoms with E-state index in [0.29, 0.717) is 48.8 Å². The molecule has 0 spiro atoms. The van der Waals surface area contributed by atoms with Crippen LogP contribution in [0.4, 0.5) is 0 Å². The Morgan fingerprint density at radius 1 is 0.857 bits per heavy atom. The summed E-state index contributed by atoms with van der Waals surface area (Å²) in [5.41, 5.74) is -0.314. The number of methoxy groups -OCH3 is 2. The van der Waals surface area contributed by atoms with Gasteiger partial charge in [0.1, 0.15) is 11.5 Å². The number of piperazine rings is 1. The van der Waals surface area contributed by atoms with Gasteiger partial charge in [0.2, 0.25) is 17.7 Å². The van der Waals surface area contributed by atoms with Gasteiger partial charge < -0.3 is 19.3 Å². The lowest BCUT2D eigenvalue weighted by Gasteiger charge is -2.37. The van der Waals surface area contributed by atoms with Gasteiger partial charge in [-0.1, -0.05) is 30.3 Å². The maximum Gasteiger partial charge on any atom is 0.257 e. The first-order valence-corrected chi connectivity index (χ1v) is 11.5. The molecule has 35 heavy (non-hydrogen) atoms. The van der Waals surface area contributed by atoms with Crippen molar-refractivity contribution in [3.05, 3.63) is 59.7 Å². The molecule has 0 radical (unpaired) electrons. The van der Waals surface area contributed by atoms with Crippen molar-refractivity contribution in [1.29, 1.82) is 0 Å². The SMILES string of the molecule is COc1ccccc1C(=O)N1CCN(C(=O)CC2(c3ccccc3OC)CC(=O)N(C)C2=O)CC1. The summed E-state index contributed by atoms with van der Waals surface area (Å²) < 4.78 is 10.8. The molecule has 0 saturated carbocycles. The highest BCUT2D eigenvalue weighted by atomic mass is 16.5. The number of likely N-dealkylation sites (N-methyl/N-ethyl adjacent to an activating group) is 1. The highest BCUT2D eigenvalue weighted by Gasteiger charge is 2.54. The van der Waals surface area contributed by atoms with E-state index in [0.717, 1.165) is 4.90 Å². The number of para-hydroxylation sites is 2. The number of carbonyl (C=O) groups is 4. The Kier molecular flexibility index (Phi) is 6.77. The molecule has 2 aromatic rings. The minimum Gasteiger partial charge on any atom is -0.496 e. The van der Waals surface area contributed by atoms with Crippen LogP contribution in [0.3, 0.4) is 0 Å². The first-order chi connectivity index (χ1) is 16.8. The number of amides is 4. The predicted molar refractivity (Wildman–Crippen MR) is 127 cm³/mol. The topological polar surface area (TPSA) is 96.5 Å². The Hall–Kier alpha value is -3.88. The van der Waals surface area contributed by atoms with Crippen molar-refractivity contribution in [2.24, 2.45) is 0 Å². The number of ether oxygens (including phenoxy) is 2. The highest BCUT2D eigenvalue weighted by molar-refractivity contribution is 6.10. The lowest BCUT2D eigenvalue weighted by Crippen LogP contribution is -2.52. The summed E-state index contributed by atoms with van der Waals surface area (Å²) in [6.07, 6.45) is -0.247. The summed E-state index contributed by atoms with van der Waals surface area (Å²) in [5.74, 6) is -0.173. The van der Waals surface area contributed by atoms with E-state index in [-0.39, 0.29) is 30.6 Å². The smallest absolute Gasteiger partial charge is 0.257 e. The van der Waals surface area contributed by atoms with Crippen molar-refractivity contribution >= 4 is 23.6 Å². The summed E-state index contributed by atoms with van der Waals surface area (Å²) in [6, 6.07) is 14.0. The van der Waals surface area contributed by atoms with Gasteiger partial charge in [0.25, 0.3) is 5.91 Å². The minimum absolute atomic E-state index is 0.0965. The first-order valence-electron chi connectivity index (χ1n) is 11.5. The van der Waals surface area contributed by atoms with Gasteiger partial charge in [0.15, 0.2) is 0 Å². The van der Waals surface area contributed by atoms with Gasteiger partial charge in [-0.3, -0.25) is 24.1 Å². The Morgan fingerprint density at radius 2 is 1.43 bits per heavy atom. The average molecular weight is 480 g/mol. The quantitative estimate of drug-likeness (QED) is 0.586. The summed E-state index contributed by atoms with van der Waals surface area (Å²) in [6.45, 7) is 1.38. The number of imide groups is 1. The van der Waals surface area contributed by atoms with E-state index >= 15 is 0 Å². The van der Waals surface area contributed by atoms with E-state index in [4.69, 9.17) is 9.47 Å². The number of benzene rings is 2. The lowest BCUT2D eigenvalue weighted by atomic mass is 9.75. The Balaban J connectivity index is 1.51. The van der Waals surface area contributed by atoms with Gasteiger partial charge in [0, 0.05) is 51.6 Å². The van der Waals surface area contributed by atoms with E-state index in [1.165, 1.54) is 21.3 Å². The summed E-state index contributed by atoms with van der Waals surface area (Å²) in [4.78, 5) is 56.7. The fourth-order valence-corrected chi connectivity index (χ4v) is 4.89. The number of hydrogen-bond acceptors (Lipinski definition) is 6. The molecule has 1 atom stereocenters. The second-order valence-electron chi connectivity index (χ2n) is 8.77. The van der Waals surface area contributed by atoms with Crippen molar-refractivity contribution < 1.29 is 28.7 Å². The Bertz CT molecular complexity index is 1160. The number of hydrogen-bond donors (Lipinski definition) is 0. The molecule has 0 bridgehead atoms. The van der Waals surface area contributed by atoms with Crippen LogP contribution in [-0.4, -0.2) is 85.8 Å². The standard InChI is InChI=1S/C26H29N3O6/c1-27-22(30)16-26(25(27)33,19-9-5-7-11-21(19)35-3)17-23(31)28-12-14-29(15-13-28)24(32)18-8-4-6-10-20(18)34-2/h4-11H,12-17H2,1-3H3. The molecule has 0 N–H and O–H groups in total. The number of carbonyl (C=O) groups excluding carboxylic acids is 4. The molecule has 0 aromatic heterocycles. The van der Waals surface area contributed by atoms with Crippen LogP contribution in [0.1, 0.15) is 28.8 Å². The monoisotopic (exact) mass is 479 g/mol. The maximum absolute atomic E-state index is 13.4. The maximum atomic E-state index is 13.4. The molecule has 0 aliphatic carbocycles. The van der Waals surface area contributed by atoms with Crippen LogP contribution in [0.2, 0.25) is 0 Å².